The number of sulfonamides is 1. The molecule has 0 aliphatic heterocycles. The minimum absolute atomic E-state index is 0.0205. The van der Waals surface area contributed by atoms with Crippen LogP contribution in [-0.2, 0) is 10.0 Å². The molecule has 0 aliphatic carbocycles. The highest BCUT2D eigenvalue weighted by atomic mass is 32.2. The number of H-pyrrole nitrogens is 1. The Labute approximate surface area is 111 Å². The van der Waals surface area contributed by atoms with Crippen LogP contribution in [0.1, 0.15) is 24.1 Å². The van der Waals surface area contributed by atoms with E-state index in [1.54, 1.807) is 31.5 Å². The fourth-order valence-electron chi connectivity index (χ4n) is 1.66. The van der Waals surface area contributed by atoms with E-state index in [0.29, 0.717) is 0 Å². The van der Waals surface area contributed by atoms with Crippen LogP contribution in [0.4, 0.5) is 0 Å². The number of aromatic nitrogens is 2. The van der Waals surface area contributed by atoms with E-state index in [1.807, 2.05) is 6.07 Å². The molecule has 1 heterocycles. The molecule has 0 radical (unpaired) electrons. The quantitative estimate of drug-likeness (QED) is 0.879. The zero-order chi connectivity index (χ0) is 13.9. The molecule has 2 aromatic rings. The molecule has 2 N–H and O–H groups in total. The van der Waals surface area contributed by atoms with Crippen molar-refractivity contribution in [1.29, 1.82) is 5.26 Å². The lowest BCUT2D eigenvalue weighted by molar-refractivity contribution is 0.566. The van der Waals surface area contributed by atoms with Gasteiger partial charge in [-0.3, -0.25) is 5.10 Å². The summed E-state index contributed by atoms with van der Waals surface area (Å²) in [6.45, 7) is 1.71. The van der Waals surface area contributed by atoms with Crippen molar-refractivity contribution in [1.82, 2.24) is 14.9 Å². The van der Waals surface area contributed by atoms with Crippen LogP contribution < -0.4 is 4.72 Å². The molecule has 19 heavy (non-hydrogen) atoms. The Morgan fingerprint density at radius 2 is 2.16 bits per heavy atom. The van der Waals surface area contributed by atoms with Gasteiger partial charge in [-0.1, -0.05) is 12.1 Å². The smallest absolute Gasteiger partial charge is 0.242 e. The monoisotopic (exact) mass is 276 g/mol. The van der Waals surface area contributed by atoms with Gasteiger partial charge >= 0.3 is 0 Å². The minimum Gasteiger partial charge on any atom is -0.285 e. The van der Waals surface area contributed by atoms with Crippen LogP contribution in [0.25, 0.3) is 0 Å². The molecular weight excluding hydrogens is 264 g/mol. The molecular formula is C12H12N4O2S. The SMILES string of the molecule is CC(NS(=O)(=O)c1ccccc1C#N)c1cn[nH]c1. The average Bonchev–Trinajstić information content (AvgIpc) is 2.92. The first kappa shape index (κ1) is 13.3. The van der Waals surface area contributed by atoms with Gasteiger partial charge in [-0.05, 0) is 19.1 Å². The van der Waals surface area contributed by atoms with Gasteiger partial charge in [0.2, 0.25) is 10.0 Å². The molecule has 2 rings (SSSR count). The van der Waals surface area contributed by atoms with E-state index in [-0.39, 0.29) is 10.5 Å². The third-order valence-electron chi connectivity index (χ3n) is 2.65. The van der Waals surface area contributed by atoms with Crippen molar-refractivity contribution in [3.63, 3.8) is 0 Å². The van der Waals surface area contributed by atoms with Crippen LogP contribution >= 0.6 is 0 Å². The van der Waals surface area contributed by atoms with Gasteiger partial charge in [-0.2, -0.15) is 10.4 Å². The highest BCUT2D eigenvalue weighted by Gasteiger charge is 2.21. The summed E-state index contributed by atoms with van der Waals surface area (Å²) in [6.07, 6.45) is 3.16. The fraction of sp³-hybridized carbons (Fsp3) is 0.167. The molecule has 7 heteroatoms. The van der Waals surface area contributed by atoms with Crippen LogP contribution in [0, 0.1) is 11.3 Å². The number of aromatic amines is 1. The topological polar surface area (TPSA) is 98.6 Å². The maximum atomic E-state index is 12.2. The molecule has 0 bridgehead atoms. The molecule has 1 unspecified atom stereocenters. The second-order valence-electron chi connectivity index (χ2n) is 3.98. The molecule has 6 nitrogen and oxygen atoms in total. The molecule has 0 spiro atoms. The normalized spacial score (nSPS) is 12.8. The summed E-state index contributed by atoms with van der Waals surface area (Å²) in [5.74, 6) is 0. The number of hydrogen-bond acceptors (Lipinski definition) is 4. The summed E-state index contributed by atoms with van der Waals surface area (Å²) in [5, 5.41) is 15.3. The lowest BCUT2D eigenvalue weighted by atomic mass is 10.2. The lowest BCUT2D eigenvalue weighted by Gasteiger charge is -2.13. The first-order chi connectivity index (χ1) is 9.04. The van der Waals surface area contributed by atoms with Gasteiger partial charge in [0.05, 0.1) is 16.7 Å². The van der Waals surface area contributed by atoms with Gasteiger partial charge in [0.1, 0.15) is 6.07 Å². The second kappa shape index (κ2) is 5.22. The van der Waals surface area contributed by atoms with E-state index < -0.39 is 16.1 Å². The highest BCUT2D eigenvalue weighted by Crippen LogP contribution is 2.18. The van der Waals surface area contributed by atoms with E-state index in [1.165, 1.54) is 12.1 Å². The maximum absolute atomic E-state index is 12.2. The van der Waals surface area contributed by atoms with Crippen molar-refractivity contribution in [2.75, 3.05) is 0 Å². The Kier molecular flexibility index (Phi) is 3.64. The zero-order valence-electron chi connectivity index (χ0n) is 10.2. The summed E-state index contributed by atoms with van der Waals surface area (Å²) >= 11 is 0. The fourth-order valence-corrected chi connectivity index (χ4v) is 3.04. The largest absolute Gasteiger partial charge is 0.285 e. The van der Waals surface area contributed by atoms with E-state index in [9.17, 15) is 8.42 Å². The van der Waals surface area contributed by atoms with Gasteiger partial charge in [-0.15, -0.1) is 0 Å². The summed E-state index contributed by atoms with van der Waals surface area (Å²) in [7, 11) is -3.74. The summed E-state index contributed by atoms with van der Waals surface area (Å²) in [6, 6.07) is 7.52. The number of nitrogens with one attached hydrogen (secondary N) is 2. The molecule has 1 aromatic heterocycles. The number of hydrogen-bond donors (Lipinski definition) is 2. The standard InChI is InChI=1S/C12H12N4O2S/c1-9(11-7-14-15-8-11)16-19(17,18)12-5-3-2-4-10(12)6-13/h2-5,7-9,16H,1H3,(H,14,15). The molecule has 98 valence electrons. The van der Waals surface area contributed by atoms with Crippen molar-refractivity contribution in [3.05, 3.63) is 47.8 Å². The van der Waals surface area contributed by atoms with Gasteiger partial charge in [0.25, 0.3) is 0 Å². The number of rotatable bonds is 4. The van der Waals surface area contributed by atoms with E-state index in [4.69, 9.17) is 5.26 Å². The number of benzene rings is 1. The van der Waals surface area contributed by atoms with E-state index in [2.05, 4.69) is 14.9 Å². The molecule has 0 saturated heterocycles. The Morgan fingerprint density at radius 1 is 1.42 bits per heavy atom. The summed E-state index contributed by atoms with van der Waals surface area (Å²) in [5.41, 5.74) is 0.840. The predicted molar refractivity (Wildman–Crippen MR) is 68.5 cm³/mol. The van der Waals surface area contributed by atoms with Crippen LogP contribution in [0.15, 0.2) is 41.6 Å². The van der Waals surface area contributed by atoms with Crippen LogP contribution in [0.2, 0.25) is 0 Å². The maximum Gasteiger partial charge on any atom is 0.242 e. The van der Waals surface area contributed by atoms with Gasteiger partial charge in [-0.25, -0.2) is 13.1 Å². The summed E-state index contributed by atoms with van der Waals surface area (Å²) < 4.78 is 27.0. The Bertz CT molecular complexity index is 702. The number of nitrogens with zero attached hydrogens (tertiary/aromatic N) is 2. The predicted octanol–water partition coefficient (Wildman–Crippen LogP) is 1.32. The Morgan fingerprint density at radius 3 is 2.79 bits per heavy atom. The first-order valence-corrected chi connectivity index (χ1v) is 7.03. The summed E-state index contributed by atoms with van der Waals surface area (Å²) in [4.78, 5) is -0.0205. The van der Waals surface area contributed by atoms with Gasteiger partial charge in [0.15, 0.2) is 0 Å². The van der Waals surface area contributed by atoms with Crippen molar-refractivity contribution >= 4 is 10.0 Å². The molecule has 0 saturated carbocycles. The molecule has 1 atom stereocenters. The first-order valence-electron chi connectivity index (χ1n) is 5.55. The zero-order valence-corrected chi connectivity index (χ0v) is 11.0. The van der Waals surface area contributed by atoms with Crippen LogP contribution in [0.5, 0.6) is 0 Å². The Hall–Kier alpha value is -2.17. The van der Waals surface area contributed by atoms with Crippen molar-refractivity contribution in [3.8, 4) is 6.07 Å². The van der Waals surface area contributed by atoms with Crippen molar-refractivity contribution in [2.24, 2.45) is 0 Å². The molecule has 0 amide bonds. The minimum atomic E-state index is -3.74. The van der Waals surface area contributed by atoms with E-state index >= 15 is 0 Å². The molecule has 0 fully saturated rings. The van der Waals surface area contributed by atoms with Gasteiger partial charge in [0, 0.05) is 17.8 Å². The highest BCUT2D eigenvalue weighted by molar-refractivity contribution is 7.89. The molecule has 0 aliphatic rings. The van der Waals surface area contributed by atoms with Crippen molar-refractivity contribution < 1.29 is 8.42 Å². The van der Waals surface area contributed by atoms with Crippen molar-refractivity contribution in [2.45, 2.75) is 17.9 Å². The van der Waals surface area contributed by atoms with Crippen LogP contribution in [0.3, 0.4) is 0 Å². The third kappa shape index (κ3) is 2.81. The second-order valence-corrected chi connectivity index (χ2v) is 5.66. The Balaban J connectivity index is 2.31. The number of nitriles is 1. The molecule has 1 aromatic carbocycles. The average molecular weight is 276 g/mol. The lowest BCUT2D eigenvalue weighted by Crippen LogP contribution is -2.27. The van der Waals surface area contributed by atoms with Gasteiger partial charge < -0.3 is 0 Å². The van der Waals surface area contributed by atoms with Crippen LogP contribution in [-0.4, -0.2) is 18.6 Å². The van der Waals surface area contributed by atoms with E-state index in [0.717, 1.165) is 5.56 Å². The third-order valence-corrected chi connectivity index (χ3v) is 4.25.